The smallest absolute Gasteiger partial charge is 0.221 e. The molecule has 1 saturated carbocycles. The molecule has 0 bridgehead atoms. The minimum absolute atomic E-state index is 0. The number of hydrogen-bond acceptors (Lipinski definition) is 4. The van der Waals surface area contributed by atoms with E-state index in [1.807, 2.05) is 0 Å². The van der Waals surface area contributed by atoms with Gasteiger partial charge in [0.15, 0.2) is 0 Å². The topological polar surface area (TPSA) is 61.0 Å². The van der Waals surface area contributed by atoms with Crippen LogP contribution in [0.1, 0.15) is 12.8 Å². The molecule has 0 spiro atoms. The van der Waals surface area contributed by atoms with Crippen molar-refractivity contribution in [3.63, 3.8) is 0 Å². The molecule has 3 rings (SSSR count). The van der Waals surface area contributed by atoms with E-state index in [1.54, 1.807) is 30.6 Å². The quantitative estimate of drug-likeness (QED) is 0.845. The van der Waals surface area contributed by atoms with Gasteiger partial charge in [-0.2, -0.15) is 4.39 Å². The summed E-state index contributed by atoms with van der Waals surface area (Å²) in [6.07, 6.45) is 6.84. The summed E-state index contributed by atoms with van der Waals surface area (Å²) < 4.78 is 19.5. The van der Waals surface area contributed by atoms with Gasteiger partial charge in [-0.3, -0.25) is 4.98 Å². The lowest BCUT2D eigenvalue weighted by molar-refractivity contribution is 0.237. The van der Waals surface area contributed by atoms with E-state index in [0.29, 0.717) is 30.0 Å². The van der Waals surface area contributed by atoms with Crippen LogP contribution in [0.5, 0.6) is 5.75 Å². The van der Waals surface area contributed by atoms with Crippen LogP contribution in [0, 0.1) is 11.4 Å². The SMILES string of the molecule is Cl.Cl.NCC1(COc2cnc(F)c(-c3cccnc3)c2)CC1. The Kier molecular flexibility index (Phi) is 6.53. The number of nitrogens with two attached hydrogens (primary N) is 1. The Labute approximate surface area is 141 Å². The third kappa shape index (κ3) is 4.06. The lowest BCUT2D eigenvalue weighted by atomic mass is 10.1. The van der Waals surface area contributed by atoms with Gasteiger partial charge in [0.25, 0.3) is 0 Å². The summed E-state index contributed by atoms with van der Waals surface area (Å²) in [6.45, 7) is 1.18. The molecule has 120 valence electrons. The van der Waals surface area contributed by atoms with Crippen molar-refractivity contribution in [1.82, 2.24) is 9.97 Å². The maximum Gasteiger partial charge on any atom is 0.221 e. The van der Waals surface area contributed by atoms with Gasteiger partial charge >= 0.3 is 0 Å². The molecule has 0 amide bonds. The summed E-state index contributed by atoms with van der Waals surface area (Å²) in [5, 5.41) is 0. The van der Waals surface area contributed by atoms with Gasteiger partial charge in [0.1, 0.15) is 5.75 Å². The zero-order valence-corrected chi connectivity index (χ0v) is 13.5. The Hall–Kier alpha value is -1.43. The Morgan fingerprint density at radius 2 is 2.05 bits per heavy atom. The Balaban J connectivity index is 0.00000121. The summed E-state index contributed by atoms with van der Waals surface area (Å²) in [6, 6.07) is 5.21. The summed E-state index contributed by atoms with van der Waals surface area (Å²) >= 11 is 0. The number of rotatable bonds is 5. The molecule has 7 heteroatoms. The highest BCUT2D eigenvalue weighted by atomic mass is 35.5. The van der Waals surface area contributed by atoms with Crippen molar-refractivity contribution in [1.29, 1.82) is 0 Å². The number of halogens is 3. The molecule has 0 aromatic carbocycles. The van der Waals surface area contributed by atoms with E-state index in [0.717, 1.165) is 12.8 Å². The van der Waals surface area contributed by atoms with Crippen LogP contribution in [0.25, 0.3) is 11.1 Å². The monoisotopic (exact) mass is 345 g/mol. The van der Waals surface area contributed by atoms with Crippen molar-refractivity contribution in [3.05, 3.63) is 42.7 Å². The number of aromatic nitrogens is 2. The summed E-state index contributed by atoms with van der Waals surface area (Å²) in [7, 11) is 0. The van der Waals surface area contributed by atoms with Crippen LogP contribution in [-0.4, -0.2) is 23.1 Å². The van der Waals surface area contributed by atoms with Gasteiger partial charge in [0.2, 0.25) is 5.95 Å². The van der Waals surface area contributed by atoms with Gasteiger partial charge in [-0.1, -0.05) is 6.07 Å². The predicted molar refractivity (Wildman–Crippen MR) is 88.1 cm³/mol. The normalized spacial score (nSPS) is 14.5. The third-order valence-corrected chi connectivity index (χ3v) is 3.72. The molecule has 1 aliphatic rings. The summed E-state index contributed by atoms with van der Waals surface area (Å²) in [5.41, 5.74) is 6.91. The molecule has 0 aliphatic heterocycles. The molecule has 2 aromatic rings. The van der Waals surface area contributed by atoms with Gasteiger partial charge in [-0.25, -0.2) is 4.98 Å². The fraction of sp³-hybridized carbons (Fsp3) is 0.333. The van der Waals surface area contributed by atoms with E-state index in [9.17, 15) is 4.39 Å². The first kappa shape index (κ1) is 18.6. The maximum atomic E-state index is 13.8. The molecule has 1 fully saturated rings. The first-order chi connectivity index (χ1) is 9.72. The van der Waals surface area contributed by atoms with E-state index >= 15 is 0 Å². The van der Waals surface area contributed by atoms with Gasteiger partial charge in [-0.05, 0) is 25.0 Å². The largest absolute Gasteiger partial charge is 0.491 e. The number of pyridine rings is 2. The molecular weight excluding hydrogens is 328 g/mol. The van der Waals surface area contributed by atoms with Crippen LogP contribution in [0.2, 0.25) is 0 Å². The predicted octanol–water partition coefficient (Wildman–Crippen LogP) is 3.24. The first-order valence-electron chi connectivity index (χ1n) is 6.61. The van der Waals surface area contributed by atoms with Crippen LogP contribution < -0.4 is 10.5 Å². The number of hydrogen-bond donors (Lipinski definition) is 1. The highest BCUT2D eigenvalue weighted by Crippen LogP contribution is 2.44. The van der Waals surface area contributed by atoms with Gasteiger partial charge in [-0.15, -0.1) is 24.8 Å². The van der Waals surface area contributed by atoms with Crippen LogP contribution in [0.4, 0.5) is 4.39 Å². The molecular formula is C15H18Cl2FN3O. The Morgan fingerprint density at radius 1 is 1.27 bits per heavy atom. The van der Waals surface area contributed by atoms with Crippen LogP contribution >= 0.6 is 24.8 Å². The lowest BCUT2D eigenvalue weighted by Gasteiger charge is -2.14. The second-order valence-electron chi connectivity index (χ2n) is 5.24. The van der Waals surface area contributed by atoms with Crippen molar-refractivity contribution in [2.75, 3.05) is 13.2 Å². The standard InChI is InChI=1S/C15H16FN3O.2ClH/c16-14-13(11-2-1-5-18-7-11)6-12(8-19-14)20-10-15(9-17)3-4-15;;/h1-2,5-8H,3-4,9-10,17H2;2*1H. The molecule has 2 heterocycles. The van der Waals surface area contributed by atoms with E-state index in [4.69, 9.17) is 10.5 Å². The van der Waals surface area contributed by atoms with Crippen LogP contribution in [0.15, 0.2) is 36.8 Å². The maximum absolute atomic E-state index is 13.8. The molecule has 2 N–H and O–H groups in total. The summed E-state index contributed by atoms with van der Waals surface area (Å²) in [5.74, 6) is 0.0373. The molecule has 0 saturated heterocycles. The first-order valence-corrected chi connectivity index (χ1v) is 6.61. The second kappa shape index (κ2) is 7.72. The Morgan fingerprint density at radius 3 is 2.64 bits per heavy atom. The molecule has 1 aliphatic carbocycles. The zero-order valence-electron chi connectivity index (χ0n) is 11.9. The fourth-order valence-electron chi connectivity index (χ4n) is 2.05. The van der Waals surface area contributed by atoms with Crippen molar-refractivity contribution in [2.24, 2.45) is 11.1 Å². The van der Waals surface area contributed by atoms with E-state index < -0.39 is 5.95 Å². The van der Waals surface area contributed by atoms with Crippen LogP contribution in [-0.2, 0) is 0 Å². The molecule has 22 heavy (non-hydrogen) atoms. The highest BCUT2D eigenvalue weighted by molar-refractivity contribution is 5.85. The molecule has 0 atom stereocenters. The van der Waals surface area contributed by atoms with Crippen molar-refractivity contribution in [3.8, 4) is 16.9 Å². The van der Waals surface area contributed by atoms with Crippen molar-refractivity contribution >= 4 is 24.8 Å². The van der Waals surface area contributed by atoms with Crippen molar-refractivity contribution < 1.29 is 9.13 Å². The highest BCUT2D eigenvalue weighted by Gasteiger charge is 2.42. The Bertz CT molecular complexity index is 609. The third-order valence-electron chi connectivity index (χ3n) is 3.72. The van der Waals surface area contributed by atoms with Gasteiger partial charge in [0.05, 0.1) is 12.8 Å². The molecule has 4 nitrogen and oxygen atoms in total. The summed E-state index contributed by atoms with van der Waals surface area (Å²) in [4.78, 5) is 7.74. The van der Waals surface area contributed by atoms with E-state index in [1.165, 1.54) is 6.20 Å². The second-order valence-corrected chi connectivity index (χ2v) is 5.24. The van der Waals surface area contributed by atoms with Gasteiger partial charge < -0.3 is 10.5 Å². The number of ether oxygens (including phenoxy) is 1. The van der Waals surface area contributed by atoms with E-state index in [-0.39, 0.29) is 30.2 Å². The fourth-order valence-corrected chi connectivity index (χ4v) is 2.05. The molecule has 0 unspecified atom stereocenters. The minimum atomic E-state index is -0.523. The average Bonchev–Trinajstić information content (AvgIpc) is 3.28. The number of nitrogens with zero attached hydrogens (tertiary/aromatic N) is 2. The molecule has 2 aromatic heterocycles. The minimum Gasteiger partial charge on any atom is -0.491 e. The average molecular weight is 346 g/mol. The van der Waals surface area contributed by atoms with Crippen LogP contribution in [0.3, 0.4) is 0 Å². The van der Waals surface area contributed by atoms with Gasteiger partial charge in [0, 0.05) is 35.5 Å². The zero-order chi connectivity index (χ0) is 14.0. The lowest BCUT2D eigenvalue weighted by Crippen LogP contribution is -2.22. The van der Waals surface area contributed by atoms with E-state index in [2.05, 4.69) is 9.97 Å². The molecule has 0 radical (unpaired) electrons. The van der Waals surface area contributed by atoms with Crippen molar-refractivity contribution in [2.45, 2.75) is 12.8 Å².